The quantitative estimate of drug-likeness (QED) is 0.384. The lowest BCUT2D eigenvalue weighted by molar-refractivity contribution is -0.141. The van der Waals surface area contributed by atoms with Gasteiger partial charge in [-0.2, -0.15) is 13.2 Å². The Morgan fingerprint density at radius 3 is 2.67 bits per heavy atom. The number of carbonyl (C=O) groups excluding carboxylic acids is 2. The average molecular weight is 582 g/mol. The molecule has 0 radical (unpaired) electrons. The van der Waals surface area contributed by atoms with E-state index in [9.17, 15) is 22.8 Å². The van der Waals surface area contributed by atoms with Crippen LogP contribution in [0.3, 0.4) is 0 Å². The number of nitrogens with one attached hydrogen (secondary N) is 1. The summed E-state index contributed by atoms with van der Waals surface area (Å²) in [5.74, 6) is -1.90. The molecule has 1 aromatic heterocycles. The fourth-order valence-corrected chi connectivity index (χ4v) is 6.44. The molecule has 3 aliphatic rings. The third-order valence-corrected chi connectivity index (χ3v) is 8.72. The lowest BCUT2D eigenvalue weighted by atomic mass is 9.99. The summed E-state index contributed by atoms with van der Waals surface area (Å²) in [6, 6.07) is 13.1. The van der Waals surface area contributed by atoms with Crippen molar-refractivity contribution in [1.82, 2.24) is 9.88 Å². The van der Waals surface area contributed by atoms with E-state index in [4.69, 9.17) is 10.2 Å². The zero-order chi connectivity index (χ0) is 29.8. The maximum absolute atomic E-state index is 13.5. The number of hydrogen-bond acceptors (Lipinski definition) is 6. The van der Waals surface area contributed by atoms with Crippen molar-refractivity contribution in [3.05, 3.63) is 65.0 Å². The van der Waals surface area contributed by atoms with Gasteiger partial charge in [-0.05, 0) is 73.4 Å². The lowest BCUT2D eigenvalue weighted by Gasteiger charge is -2.41. The molecule has 0 spiro atoms. The number of nitrogens with two attached hydrogens (primary N) is 1. The largest absolute Gasteiger partial charge is 0.437 e. The number of aryl methyl sites for hydroxylation is 1. The first kappa shape index (κ1) is 28.3. The van der Waals surface area contributed by atoms with E-state index >= 15 is 0 Å². The molecule has 1 saturated heterocycles. The first-order valence-corrected chi connectivity index (χ1v) is 14.4. The predicted molar refractivity (Wildman–Crippen MR) is 152 cm³/mol. The molecule has 1 saturated carbocycles. The molecule has 3 aromatic rings. The van der Waals surface area contributed by atoms with Crippen molar-refractivity contribution in [3.63, 3.8) is 0 Å². The van der Waals surface area contributed by atoms with Crippen LogP contribution in [-0.4, -0.2) is 47.5 Å². The van der Waals surface area contributed by atoms with Gasteiger partial charge in [0.1, 0.15) is 0 Å². The van der Waals surface area contributed by atoms with Gasteiger partial charge in [-0.25, -0.2) is 4.98 Å². The highest BCUT2D eigenvalue weighted by Gasteiger charge is 2.47. The summed E-state index contributed by atoms with van der Waals surface area (Å²) in [7, 11) is 0. The van der Waals surface area contributed by atoms with Gasteiger partial charge in [0.15, 0.2) is 5.69 Å². The Hall–Kier alpha value is -3.86. The average Bonchev–Trinajstić information content (AvgIpc) is 3.39. The van der Waals surface area contributed by atoms with Gasteiger partial charge in [0.2, 0.25) is 17.6 Å². The van der Waals surface area contributed by atoms with Crippen LogP contribution in [0.2, 0.25) is 0 Å². The van der Waals surface area contributed by atoms with Gasteiger partial charge in [0, 0.05) is 48.9 Å². The van der Waals surface area contributed by atoms with Gasteiger partial charge in [0.05, 0.1) is 6.17 Å². The van der Waals surface area contributed by atoms with Crippen LogP contribution in [0.1, 0.15) is 53.6 Å². The number of primary amides is 1. The monoisotopic (exact) mass is 581 g/mol. The molecule has 3 heterocycles. The number of anilines is 2. The highest BCUT2D eigenvalue weighted by atomic mass is 19.4. The van der Waals surface area contributed by atoms with Crippen molar-refractivity contribution in [2.75, 3.05) is 29.9 Å². The third-order valence-electron chi connectivity index (χ3n) is 8.72. The van der Waals surface area contributed by atoms with E-state index in [1.807, 2.05) is 37.3 Å². The van der Waals surface area contributed by atoms with Crippen molar-refractivity contribution in [2.24, 2.45) is 23.5 Å². The second-order valence-corrected chi connectivity index (χ2v) is 11.9. The summed E-state index contributed by atoms with van der Waals surface area (Å²) in [5, 5.41) is 3.08. The number of rotatable bonds is 7. The van der Waals surface area contributed by atoms with Gasteiger partial charge in [0.25, 0.3) is 5.91 Å². The van der Waals surface area contributed by atoms with Crippen LogP contribution >= 0.6 is 0 Å². The molecular formula is C31H34F3N5O3. The van der Waals surface area contributed by atoms with Crippen molar-refractivity contribution in [2.45, 2.75) is 51.9 Å². The summed E-state index contributed by atoms with van der Waals surface area (Å²) < 4.78 is 45.7. The summed E-state index contributed by atoms with van der Waals surface area (Å²) in [5.41, 5.74) is 7.87. The highest BCUT2D eigenvalue weighted by molar-refractivity contribution is 5.95. The van der Waals surface area contributed by atoms with Gasteiger partial charge in [-0.15, -0.1) is 0 Å². The molecule has 2 amide bonds. The molecule has 11 heteroatoms. The van der Waals surface area contributed by atoms with E-state index in [2.05, 4.69) is 27.0 Å². The number of hydrogen-bond donors (Lipinski definition) is 2. The lowest BCUT2D eigenvalue weighted by Crippen LogP contribution is -2.51. The van der Waals surface area contributed by atoms with E-state index in [-0.39, 0.29) is 29.8 Å². The Kier molecular flexibility index (Phi) is 7.24. The molecule has 2 aliphatic heterocycles. The molecule has 4 unspecified atom stereocenters. The Bertz CT molecular complexity index is 1520. The van der Waals surface area contributed by atoms with Gasteiger partial charge in [-0.1, -0.05) is 25.1 Å². The SMILES string of the molecule is Cc1ccccc1NC(=O)C1CC1CN1c2ccc(-c3nc(C(F)(F)F)c(C(N)=O)o3)cc2CC1N1CCCC(C)C1. The standard InChI is InChI=1S/C31H34F3N5O3/c1-17-6-5-11-38(15-17)25-14-20-12-19(30-37-27(31(32,33)34)26(42-30)28(35)40)9-10-24(20)39(25)16-21-13-22(21)29(41)36-23-8-4-3-7-18(23)2/h3-4,7-10,12,17,21-22,25H,5-6,11,13-16H2,1-2H3,(H2,35,40)(H,36,41). The molecule has 0 bridgehead atoms. The summed E-state index contributed by atoms with van der Waals surface area (Å²) in [6.07, 6.45) is -1.03. The predicted octanol–water partition coefficient (Wildman–Crippen LogP) is 5.46. The number of para-hydroxylation sites is 1. The zero-order valence-corrected chi connectivity index (χ0v) is 23.6. The number of alkyl halides is 3. The molecule has 6 rings (SSSR count). The number of oxazole rings is 1. The number of nitrogens with zero attached hydrogens (tertiary/aromatic N) is 3. The fraction of sp³-hybridized carbons (Fsp3) is 0.452. The highest BCUT2D eigenvalue weighted by Crippen LogP contribution is 2.45. The van der Waals surface area contributed by atoms with Crippen LogP contribution in [0.15, 0.2) is 46.9 Å². The summed E-state index contributed by atoms with van der Waals surface area (Å²) in [4.78, 5) is 33.1. The normalized spacial score (nSPS) is 24.0. The number of fused-ring (bicyclic) bond motifs is 1. The number of amides is 2. The molecule has 8 nitrogen and oxygen atoms in total. The van der Waals surface area contributed by atoms with E-state index in [0.717, 1.165) is 48.4 Å². The smallest absolute Gasteiger partial charge is 0.430 e. The summed E-state index contributed by atoms with van der Waals surface area (Å²) >= 11 is 0. The Morgan fingerprint density at radius 1 is 1.19 bits per heavy atom. The topological polar surface area (TPSA) is 105 Å². The maximum atomic E-state index is 13.5. The van der Waals surface area contributed by atoms with Crippen LogP contribution in [0.5, 0.6) is 0 Å². The van der Waals surface area contributed by atoms with Crippen LogP contribution in [-0.2, 0) is 17.4 Å². The number of piperidine rings is 1. The van der Waals surface area contributed by atoms with Gasteiger partial charge >= 0.3 is 6.18 Å². The summed E-state index contributed by atoms with van der Waals surface area (Å²) in [6.45, 7) is 6.85. The molecule has 2 fully saturated rings. The molecule has 3 N–H and O–H groups in total. The first-order chi connectivity index (χ1) is 20.0. The third kappa shape index (κ3) is 5.49. The molecule has 1 aliphatic carbocycles. The van der Waals surface area contributed by atoms with E-state index in [1.165, 1.54) is 6.42 Å². The molecule has 2 aromatic carbocycles. The van der Waals surface area contributed by atoms with Crippen molar-refractivity contribution in [3.8, 4) is 11.5 Å². The van der Waals surface area contributed by atoms with E-state index in [1.54, 1.807) is 12.1 Å². The zero-order valence-electron chi connectivity index (χ0n) is 23.6. The number of carbonyl (C=O) groups is 2. The maximum Gasteiger partial charge on any atom is 0.437 e. The molecule has 42 heavy (non-hydrogen) atoms. The van der Waals surface area contributed by atoms with Crippen LogP contribution in [0.25, 0.3) is 11.5 Å². The fourth-order valence-electron chi connectivity index (χ4n) is 6.44. The van der Waals surface area contributed by atoms with Gasteiger partial charge < -0.3 is 20.4 Å². The number of aromatic nitrogens is 1. The van der Waals surface area contributed by atoms with Crippen molar-refractivity contribution < 1.29 is 27.2 Å². The Labute approximate surface area is 242 Å². The Morgan fingerprint density at radius 2 is 1.98 bits per heavy atom. The minimum absolute atomic E-state index is 0.0295. The minimum atomic E-state index is -4.87. The number of halogens is 3. The molecular weight excluding hydrogens is 547 g/mol. The Balaban J connectivity index is 1.25. The van der Waals surface area contributed by atoms with Crippen LogP contribution in [0.4, 0.5) is 24.5 Å². The van der Waals surface area contributed by atoms with Crippen molar-refractivity contribution >= 4 is 23.2 Å². The van der Waals surface area contributed by atoms with E-state index < -0.39 is 23.5 Å². The minimum Gasteiger partial charge on any atom is -0.430 e. The number of likely N-dealkylation sites (tertiary alicyclic amines) is 1. The second-order valence-electron chi connectivity index (χ2n) is 11.9. The molecule has 4 atom stereocenters. The van der Waals surface area contributed by atoms with Gasteiger partial charge in [-0.3, -0.25) is 14.5 Å². The van der Waals surface area contributed by atoms with E-state index in [0.29, 0.717) is 24.4 Å². The van der Waals surface area contributed by atoms with Crippen LogP contribution in [0, 0.1) is 24.7 Å². The number of benzene rings is 2. The second kappa shape index (κ2) is 10.8. The first-order valence-electron chi connectivity index (χ1n) is 14.4. The van der Waals surface area contributed by atoms with Crippen molar-refractivity contribution in [1.29, 1.82) is 0 Å². The molecule has 222 valence electrons. The van der Waals surface area contributed by atoms with Crippen LogP contribution < -0.4 is 16.0 Å².